The van der Waals surface area contributed by atoms with Crippen LogP contribution in [0.5, 0.6) is 0 Å². The van der Waals surface area contributed by atoms with Gasteiger partial charge < -0.3 is 10.6 Å². The van der Waals surface area contributed by atoms with E-state index in [1.165, 1.54) is 12.1 Å². The maximum atomic E-state index is 12.8. The van der Waals surface area contributed by atoms with Crippen LogP contribution in [0.2, 0.25) is 0 Å². The molecule has 0 spiro atoms. The van der Waals surface area contributed by atoms with E-state index in [-0.39, 0.29) is 5.82 Å². The predicted molar refractivity (Wildman–Crippen MR) is 67.2 cm³/mol. The van der Waals surface area contributed by atoms with Gasteiger partial charge in [-0.25, -0.2) is 9.37 Å². The Bertz CT molecular complexity index is 479. The molecule has 17 heavy (non-hydrogen) atoms. The second-order valence-electron chi connectivity index (χ2n) is 3.92. The highest BCUT2D eigenvalue weighted by Crippen LogP contribution is 2.15. The lowest BCUT2D eigenvalue weighted by Gasteiger charge is -2.19. The van der Waals surface area contributed by atoms with Gasteiger partial charge in [0.25, 0.3) is 0 Å². The maximum Gasteiger partial charge on any atom is 0.123 e. The summed E-state index contributed by atoms with van der Waals surface area (Å²) in [5.74, 6) is 0.287. The third-order valence-corrected chi connectivity index (χ3v) is 2.53. The molecule has 4 heteroatoms. The summed E-state index contributed by atoms with van der Waals surface area (Å²) in [5.41, 5.74) is 7.54. The molecule has 2 aromatic rings. The average molecular weight is 231 g/mol. The Morgan fingerprint density at radius 1 is 1.18 bits per heavy atom. The van der Waals surface area contributed by atoms with Crippen LogP contribution in [0, 0.1) is 5.82 Å². The molecule has 0 unspecified atom stereocenters. The summed E-state index contributed by atoms with van der Waals surface area (Å²) in [6.07, 6.45) is 1.75. The molecular formula is C13H14FN3. The van der Waals surface area contributed by atoms with E-state index in [0.717, 1.165) is 11.3 Å². The minimum Gasteiger partial charge on any atom is -0.384 e. The highest BCUT2D eigenvalue weighted by molar-refractivity contribution is 5.46. The van der Waals surface area contributed by atoms with Crippen molar-refractivity contribution in [3.05, 3.63) is 54.0 Å². The van der Waals surface area contributed by atoms with Crippen LogP contribution < -0.4 is 10.6 Å². The van der Waals surface area contributed by atoms with Crippen molar-refractivity contribution in [1.82, 2.24) is 4.98 Å². The molecule has 0 atom stereocenters. The van der Waals surface area contributed by atoms with Gasteiger partial charge in [-0.15, -0.1) is 0 Å². The predicted octanol–water partition coefficient (Wildman–Crippen LogP) is 2.44. The van der Waals surface area contributed by atoms with Crippen LogP contribution in [0.1, 0.15) is 5.56 Å². The van der Waals surface area contributed by atoms with Gasteiger partial charge in [-0.3, -0.25) is 0 Å². The highest BCUT2D eigenvalue weighted by Gasteiger charge is 2.02. The van der Waals surface area contributed by atoms with Crippen LogP contribution in [-0.4, -0.2) is 12.0 Å². The first-order chi connectivity index (χ1) is 8.15. The van der Waals surface area contributed by atoms with Crippen molar-refractivity contribution in [2.45, 2.75) is 6.54 Å². The second kappa shape index (κ2) is 4.82. The van der Waals surface area contributed by atoms with E-state index in [0.29, 0.717) is 12.4 Å². The summed E-state index contributed by atoms with van der Waals surface area (Å²) in [6, 6.07) is 10.1. The van der Waals surface area contributed by atoms with Crippen molar-refractivity contribution >= 4 is 11.5 Å². The molecule has 0 amide bonds. The molecule has 1 aromatic carbocycles. The summed E-state index contributed by atoms with van der Waals surface area (Å²) in [5, 5.41) is 0. The van der Waals surface area contributed by atoms with E-state index in [4.69, 9.17) is 5.73 Å². The first-order valence-corrected chi connectivity index (χ1v) is 5.32. The van der Waals surface area contributed by atoms with E-state index < -0.39 is 0 Å². The fourth-order valence-corrected chi connectivity index (χ4v) is 1.59. The summed E-state index contributed by atoms with van der Waals surface area (Å²) in [4.78, 5) is 6.05. The number of anilines is 2. The number of hydrogen-bond donors (Lipinski definition) is 1. The number of halogens is 1. The van der Waals surface area contributed by atoms with Crippen LogP contribution in [0.4, 0.5) is 15.9 Å². The zero-order chi connectivity index (χ0) is 12.3. The van der Waals surface area contributed by atoms with Gasteiger partial charge >= 0.3 is 0 Å². The van der Waals surface area contributed by atoms with Crippen LogP contribution in [-0.2, 0) is 6.54 Å². The number of aromatic nitrogens is 1. The SMILES string of the molecule is CN(Cc1ccc(N)nc1)c1ccc(F)cc1. The van der Waals surface area contributed by atoms with Gasteiger partial charge in [0.05, 0.1) is 0 Å². The van der Waals surface area contributed by atoms with Crippen LogP contribution in [0.25, 0.3) is 0 Å². The van der Waals surface area contributed by atoms with E-state index >= 15 is 0 Å². The second-order valence-corrected chi connectivity index (χ2v) is 3.92. The van der Waals surface area contributed by atoms with E-state index in [1.54, 1.807) is 24.4 Å². The monoisotopic (exact) mass is 231 g/mol. The van der Waals surface area contributed by atoms with Gasteiger partial charge in [-0.05, 0) is 35.9 Å². The van der Waals surface area contributed by atoms with Gasteiger partial charge in [0.2, 0.25) is 0 Å². The lowest BCUT2D eigenvalue weighted by atomic mass is 10.2. The summed E-state index contributed by atoms with van der Waals surface area (Å²) in [7, 11) is 1.95. The number of hydrogen-bond acceptors (Lipinski definition) is 3. The Morgan fingerprint density at radius 2 is 1.88 bits per heavy atom. The minimum atomic E-state index is -0.226. The van der Waals surface area contributed by atoms with Crippen LogP contribution >= 0.6 is 0 Å². The molecule has 0 bridgehead atoms. The molecule has 0 radical (unpaired) electrons. The number of pyridine rings is 1. The Labute approximate surface area is 99.7 Å². The van der Waals surface area contributed by atoms with Gasteiger partial charge in [-0.2, -0.15) is 0 Å². The molecule has 0 saturated carbocycles. The third kappa shape index (κ3) is 2.93. The Hall–Kier alpha value is -2.10. The summed E-state index contributed by atoms with van der Waals surface area (Å²) >= 11 is 0. The van der Waals surface area contributed by atoms with E-state index in [1.807, 2.05) is 18.0 Å². The lowest BCUT2D eigenvalue weighted by molar-refractivity contribution is 0.627. The fraction of sp³-hybridized carbons (Fsp3) is 0.154. The third-order valence-electron chi connectivity index (χ3n) is 2.53. The lowest BCUT2D eigenvalue weighted by Crippen LogP contribution is -2.16. The van der Waals surface area contributed by atoms with Crippen LogP contribution in [0.3, 0.4) is 0 Å². The van der Waals surface area contributed by atoms with E-state index in [9.17, 15) is 4.39 Å². The molecule has 0 aliphatic heterocycles. The molecule has 2 N–H and O–H groups in total. The topological polar surface area (TPSA) is 42.1 Å². The highest BCUT2D eigenvalue weighted by atomic mass is 19.1. The van der Waals surface area contributed by atoms with Gasteiger partial charge in [0.15, 0.2) is 0 Å². The van der Waals surface area contributed by atoms with Crippen molar-refractivity contribution in [2.75, 3.05) is 17.7 Å². The molecule has 3 nitrogen and oxygen atoms in total. The Kier molecular flexibility index (Phi) is 3.23. The standard InChI is InChI=1S/C13H14FN3/c1-17(12-5-3-11(14)4-6-12)9-10-2-7-13(15)16-8-10/h2-8H,9H2,1H3,(H2,15,16). The smallest absolute Gasteiger partial charge is 0.123 e. The molecule has 88 valence electrons. The molecule has 0 saturated heterocycles. The number of nitrogen functional groups attached to an aromatic ring is 1. The van der Waals surface area contributed by atoms with E-state index in [2.05, 4.69) is 4.98 Å². The molecule has 1 heterocycles. The molecular weight excluding hydrogens is 217 g/mol. The van der Waals surface area contributed by atoms with Crippen LogP contribution in [0.15, 0.2) is 42.6 Å². The summed E-state index contributed by atoms with van der Waals surface area (Å²) in [6.45, 7) is 0.707. The largest absolute Gasteiger partial charge is 0.384 e. The van der Waals surface area contributed by atoms with Crippen molar-refractivity contribution < 1.29 is 4.39 Å². The molecule has 2 rings (SSSR count). The zero-order valence-corrected chi connectivity index (χ0v) is 9.60. The maximum absolute atomic E-state index is 12.8. The number of rotatable bonds is 3. The molecule has 0 aliphatic carbocycles. The van der Waals surface area contributed by atoms with Gasteiger partial charge in [-0.1, -0.05) is 6.07 Å². The summed E-state index contributed by atoms with van der Waals surface area (Å²) < 4.78 is 12.8. The molecule has 1 aromatic heterocycles. The van der Waals surface area contributed by atoms with Gasteiger partial charge in [0.1, 0.15) is 11.6 Å². The number of nitrogens with two attached hydrogens (primary N) is 1. The first kappa shape index (κ1) is 11.4. The first-order valence-electron chi connectivity index (χ1n) is 5.32. The molecule has 0 aliphatic rings. The Morgan fingerprint density at radius 3 is 2.47 bits per heavy atom. The number of benzene rings is 1. The normalized spacial score (nSPS) is 10.2. The molecule has 0 fully saturated rings. The number of nitrogens with zero attached hydrogens (tertiary/aromatic N) is 2. The minimum absolute atomic E-state index is 0.226. The van der Waals surface area contributed by atoms with Gasteiger partial charge in [0, 0.05) is 25.5 Å². The van der Waals surface area contributed by atoms with Crippen molar-refractivity contribution in [3.63, 3.8) is 0 Å². The zero-order valence-electron chi connectivity index (χ0n) is 9.60. The van der Waals surface area contributed by atoms with Crippen molar-refractivity contribution in [1.29, 1.82) is 0 Å². The Balaban J connectivity index is 2.08. The fourth-order valence-electron chi connectivity index (χ4n) is 1.59. The van der Waals surface area contributed by atoms with Crippen molar-refractivity contribution in [3.8, 4) is 0 Å². The van der Waals surface area contributed by atoms with Crippen molar-refractivity contribution in [2.24, 2.45) is 0 Å². The quantitative estimate of drug-likeness (QED) is 0.882. The average Bonchev–Trinajstić information content (AvgIpc) is 2.33.